The molecular formula is C13H12N2O5S2. The molecule has 7 nitrogen and oxygen atoms in total. The van der Waals surface area contributed by atoms with Crippen molar-refractivity contribution in [1.29, 1.82) is 0 Å². The number of thiophene rings is 1. The maximum absolute atomic E-state index is 12.6. The SMILES string of the molecule is O=C(O)c1csc(S(=O)(=O)N2CCc3cc[nH]c(=O)c3C2)c1. The van der Waals surface area contributed by atoms with Crippen molar-refractivity contribution in [2.45, 2.75) is 17.2 Å². The summed E-state index contributed by atoms with van der Waals surface area (Å²) in [4.78, 5) is 25.2. The lowest BCUT2D eigenvalue weighted by Crippen LogP contribution is -2.38. The van der Waals surface area contributed by atoms with Crippen molar-refractivity contribution in [2.75, 3.05) is 6.54 Å². The lowest BCUT2D eigenvalue weighted by atomic mass is 10.0. The number of nitrogens with one attached hydrogen (secondary N) is 1. The summed E-state index contributed by atoms with van der Waals surface area (Å²) in [7, 11) is -3.80. The fourth-order valence-corrected chi connectivity index (χ4v) is 5.07. The van der Waals surface area contributed by atoms with Crippen LogP contribution in [0.25, 0.3) is 0 Å². The van der Waals surface area contributed by atoms with Crippen LogP contribution in [0.3, 0.4) is 0 Å². The number of H-pyrrole nitrogens is 1. The topological polar surface area (TPSA) is 108 Å². The number of pyridine rings is 1. The summed E-state index contributed by atoms with van der Waals surface area (Å²) in [6.07, 6.45) is 2.00. The van der Waals surface area contributed by atoms with Crippen LogP contribution < -0.4 is 5.56 Å². The molecule has 0 unspecified atom stereocenters. The molecule has 0 fully saturated rings. The normalized spacial score (nSPS) is 15.5. The van der Waals surface area contributed by atoms with E-state index in [1.807, 2.05) is 0 Å². The maximum Gasteiger partial charge on any atom is 0.336 e. The van der Waals surface area contributed by atoms with Gasteiger partial charge in [-0.3, -0.25) is 4.79 Å². The fourth-order valence-electron chi connectivity index (χ4n) is 2.36. The molecule has 0 saturated heterocycles. The molecule has 0 radical (unpaired) electrons. The molecule has 0 atom stereocenters. The third-order valence-electron chi connectivity index (χ3n) is 3.54. The molecule has 0 saturated carbocycles. The Morgan fingerprint density at radius 2 is 2.18 bits per heavy atom. The van der Waals surface area contributed by atoms with E-state index < -0.39 is 16.0 Å². The highest BCUT2D eigenvalue weighted by Crippen LogP contribution is 2.27. The molecule has 22 heavy (non-hydrogen) atoms. The Morgan fingerprint density at radius 1 is 1.41 bits per heavy atom. The maximum atomic E-state index is 12.6. The van der Waals surface area contributed by atoms with E-state index in [1.165, 1.54) is 9.69 Å². The number of carboxylic acid groups (broad SMARTS) is 1. The average molecular weight is 340 g/mol. The van der Waals surface area contributed by atoms with Gasteiger partial charge < -0.3 is 10.1 Å². The first-order chi connectivity index (χ1) is 10.4. The van der Waals surface area contributed by atoms with Crippen molar-refractivity contribution in [3.8, 4) is 0 Å². The first-order valence-corrected chi connectivity index (χ1v) is 8.73. The number of carboxylic acids is 1. The second kappa shape index (κ2) is 5.34. The number of aromatic carboxylic acids is 1. The Morgan fingerprint density at radius 3 is 2.86 bits per heavy atom. The first-order valence-electron chi connectivity index (χ1n) is 6.41. The molecule has 116 valence electrons. The molecule has 9 heteroatoms. The first kappa shape index (κ1) is 14.9. The molecule has 3 rings (SSSR count). The van der Waals surface area contributed by atoms with Crippen LogP contribution in [-0.2, 0) is 23.0 Å². The number of aromatic nitrogens is 1. The Bertz CT molecular complexity index is 897. The summed E-state index contributed by atoms with van der Waals surface area (Å²) in [5, 5.41) is 10.2. The zero-order valence-corrected chi connectivity index (χ0v) is 12.9. The molecule has 2 N–H and O–H groups in total. The molecule has 0 amide bonds. The Hall–Kier alpha value is -1.97. The summed E-state index contributed by atoms with van der Waals surface area (Å²) in [5.41, 5.74) is 0.925. The molecule has 0 aromatic carbocycles. The molecule has 2 aromatic rings. The second-order valence-corrected chi connectivity index (χ2v) is 7.93. The third kappa shape index (κ3) is 2.47. The van der Waals surface area contributed by atoms with Crippen LogP contribution in [-0.4, -0.2) is 35.3 Å². The van der Waals surface area contributed by atoms with Crippen molar-refractivity contribution < 1.29 is 18.3 Å². The lowest BCUT2D eigenvalue weighted by Gasteiger charge is -2.26. The van der Waals surface area contributed by atoms with Gasteiger partial charge in [-0.1, -0.05) is 0 Å². The number of hydrogen-bond donors (Lipinski definition) is 2. The van der Waals surface area contributed by atoms with E-state index in [4.69, 9.17) is 5.11 Å². The molecule has 0 spiro atoms. The van der Waals surface area contributed by atoms with E-state index in [-0.39, 0.29) is 28.4 Å². The Balaban J connectivity index is 1.95. The van der Waals surface area contributed by atoms with Crippen molar-refractivity contribution >= 4 is 27.3 Å². The van der Waals surface area contributed by atoms with Gasteiger partial charge in [0.1, 0.15) is 4.21 Å². The van der Waals surface area contributed by atoms with Crippen LogP contribution in [0.2, 0.25) is 0 Å². The van der Waals surface area contributed by atoms with Crippen LogP contribution in [0.15, 0.2) is 32.7 Å². The van der Waals surface area contributed by atoms with Gasteiger partial charge in [0.15, 0.2) is 0 Å². The summed E-state index contributed by atoms with van der Waals surface area (Å²) >= 11 is 0.868. The zero-order valence-electron chi connectivity index (χ0n) is 11.3. The number of sulfonamides is 1. The highest BCUT2D eigenvalue weighted by molar-refractivity contribution is 7.91. The Labute approximate surface area is 129 Å². The number of nitrogens with zero attached hydrogens (tertiary/aromatic N) is 1. The number of fused-ring (bicyclic) bond motifs is 1. The van der Waals surface area contributed by atoms with Crippen LogP contribution in [0.1, 0.15) is 21.5 Å². The van der Waals surface area contributed by atoms with E-state index in [1.54, 1.807) is 12.3 Å². The van der Waals surface area contributed by atoms with Crippen LogP contribution >= 0.6 is 11.3 Å². The number of hydrogen-bond acceptors (Lipinski definition) is 5. The molecule has 1 aliphatic rings. The van der Waals surface area contributed by atoms with Gasteiger partial charge in [0.25, 0.3) is 15.6 Å². The quantitative estimate of drug-likeness (QED) is 0.862. The van der Waals surface area contributed by atoms with Gasteiger partial charge in [-0.15, -0.1) is 11.3 Å². The minimum atomic E-state index is -3.80. The Kier molecular flexibility index (Phi) is 3.63. The van der Waals surface area contributed by atoms with Gasteiger partial charge in [-0.05, 0) is 24.1 Å². The second-order valence-electron chi connectivity index (χ2n) is 4.86. The molecule has 1 aliphatic heterocycles. The predicted octanol–water partition coefficient (Wildman–Crippen LogP) is 0.882. The molecule has 2 aromatic heterocycles. The minimum Gasteiger partial charge on any atom is -0.478 e. The number of aromatic amines is 1. The van der Waals surface area contributed by atoms with Gasteiger partial charge in [0, 0.05) is 30.2 Å². The highest BCUT2D eigenvalue weighted by atomic mass is 32.2. The van der Waals surface area contributed by atoms with E-state index in [0.717, 1.165) is 23.0 Å². The summed E-state index contributed by atoms with van der Waals surface area (Å²) < 4.78 is 26.3. The lowest BCUT2D eigenvalue weighted by molar-refractivity contribution is 0.0697. The third-order valence-corrected chi connectivity index (χ3v) is 6.80. The fraction of sp³-hybridized carbons (Fsp3) is 0.231. The van der Waals surface area contributed by atoms with Gasteiger partial charge in [-0.25, -0.2) is 13.2 Å². The van der Waals surface area contributed by atoms with Crippen molar-refractivity contribution in [3.63, 3.8) is 0 Å². The van der Waals surface area contributed by atoms with Gasteiger partial charge >= 0.3 is 5.97 Å². The molecule has 3 heterocycles. The standard InChI is InChI=1S/C13H12N2O5S2/c16-12-10-6-15(4-2-8(10)1-3-14-12)22(19,20)11-5-9(7-21-11)13(17)18/h1,3,5,7H,2,4,6H2,(H,14,16)(H,17,18). The van der Waals surface area contributed by atoms with E-state index >= 15 is 0 Å². The molecule has 0 aliphatic carbocycles. The minimum absolute atomic E-state index is 0.00581. The van der Waals surface area contributed by atoms with Crippen molar-refractivity contribution in [1.82, 2.24) is 9.29 Å². The average Bonchev–Trinajstić information content (AvgIpc) is 2.98. The summed E-state index contributed by atoms with van der Waals surface area (Å²) in [6, 6.07) is 2.92. The van der Waals surface area contributed by atoms with Crippen LogP contribution in [0.4, 0.5) is 0 Å². The monoisotopic (exact) mass is 340 g/mol. The summed E-state index contributed by atoms with van der Waals surface area (Å²) in [6.45, 7) is 0.257. The summed E-state index contributed by atoms with van der Waals surface area (Å²) in [5.74, 6) is -1.17. The largest absolute Gasteiger partial charge is 0.478 e. The van der Waals surface area contributed by atoms with Gasteiger partial charge in [0.2, 0.25) is 0 Å². The smallest absolute Gasteiger partial charge is 0.336 e. The van der Waals surface area contributed by atoms with E-state index in [0.29, 0.717) is 12.0 Å². The van der Waals surface area contributed by atoms with Gasteiger partial charge in [-0.2, -0.15) is 4.31 Å². The number of rotatable bonds is 3. The van der Waals surface area contributed by atoms with E-state index in [9.17, 15) is 18.0 Å². The predicted molar refractivity (Wildman–Crippen MR) is 79.6 cm³/mol. The van der Waals surface area contributed by atoms with Crippen LogP contribution in [0, 0.1) is 0 Å². The number of carbonyl (C=O) groups is 1. The van der Waals surface area contributed by atoms with Gasteiger partial charge in [0.05, 0.1) is 5.56 Å². The molecular weight excluding hydrogens is 328 g/mol. The van der Waals surface area contributed by atoms with Crippen LogP contribution in [0.5, 0.6) is 0 Å². The van der Waals surface area contributed by atoms with Crippen molar-refractivity contribution in [3.05, 3.63) is 50.8 Å². The van der Waals surface area contributed by atoms with Crippen molar-refractivity contribution in [2.24, 2.45) is 0 Å². The molecule has 0 bridgehead atoms. The zero-order chi connectivity index (χ0) is 15.9. The van der Waals surface area contributed by atoms with E-state index in [2.05, 4.69) is 4.98 Å². The highest BCUT2D eigenvalue weighted by Gasteiger charge is 2.31.